The van der Waals surface area contributed by atoms with Crippen LogP contribution in [0.3, 0.4) is 0 Å². The van der Waals surface area contributed by atoms with Crippen LogP contribution in [0.2, 0.25) is 5.02 Å². The minimum absolute atomic E-state index is 0.0667. The average molecular weight is 471 g/mol. The molecule has 0 unspecified atom stereocenters. The number of carbonyl (C=O) groups excluding carboxylic acids is 2. The van der Waals surface area contributed by atoms with Crippen molar-refractivity contribution in [2.24, 2.45) is 0 Å². The molecule has 172 valence electrons. The molecule has 2 aromatic carbocycles. The van der Waals surface area contributed by atoms with E-state index in [1.165, 1.54) is 4.90 Å². The third kappa shape index (κ3) is 6.24. The molecule has 0 radical (unpaired) electrons. The highest BCUT2D eigenvalue weighted by Gasteiger charge is 2.20. The zero-order chi connectivity index (χ0) is 23.0. The number of anilines is 1. The summed E-state index contributed by atoms with van der Waals surface area (Å²) in [4.78, 5) is 31.1. The van der Waals surface area contributed by atoms with Crippen LogP contribution in [0, 0.1) is 0 Å². The number of hydrogen-bond acceptors (Lipinski definition) is 6. The summed E-state index contributed by atoms with van der Waals surface area (Å²) in [5, 5.41) is 3.23. The normalized spacial score (nSPS) is 15.1. The van der Waals surface area contributed by atoms with Gasteiger partial charge in [0.25, 0.3) is 0 Å². The van der Waals surface area contributed by atoms with E-state index in [0.29, 0.717) is 41.2 Å². The quantitative estimate of drug-likeness (QED) is 0.618. The molecule has 0 aliphatic carbocycles. The molecule has 0 spiro atoms. The second-order valence-electron chi connectivity index (χ2n) is 7.25. The maximum absolute atomic E-state index is 12.9. The summed E-state index contributed by atoms with van der Waals surface area (Å²) in [5.74, 6) is 0.802. The van der Waals surface area contributed by atoms with Gasteiger partial charge in [-0.15, -0.1) is 0 Å². The largest absolute Gasteiger partial charge is 0.487 e. The van der Waals surface area contributed by atoms with Gasteiger partial charge >= 0.3 is 0 Å². The molecule has 4 rings (SSSR count). The number of aromatic nitrogens is 2. The number of halogens is 1. The van der Waals surface area contributed by atoms with Gasteiger partial charge in [-0.1, -0.05) is 23.7 Å². The molecule has 10 heteroatoms. The molecule has 3 aromatic rings. The molecule has 1 aliphatic rings. The third-order valence-electron chi connectivity index (χ3n) is 4.84. The molecule has 0 fully saturated rings. The Labute approximate surface area is 195 Å². The lowest BCUT2D eigenvalue weighted by atomic mass is 10.2. The zero-order valence-electron chi connectivity index (χ0n) is 17.8. The van der Waals surface area contributed by atoms with Gasteiger partial charge in [0.15, 0.2) is 17.2 Å². The molecule has 0 saturated carbocycles. The number of benzene rings is 2. The Morgan fingerprint density at radius 1 is 1.09 bits per heavy atom. The van der Waals surface area contributed by atoms with E-state index >= 15 is 0 Å². The Balaban J connectivity index is 1.57. The standard InChI is InChI=1S/C23H23ClN4O5/c24-17-5-6-19-18(13-17)26-22(29)14-28(23(30)15-27-8-7-25-16-27)9-10-31-11-12-32-20-3-1-2-4-21(20)33-19/h1-8,13,16H,9-12,14-15H2,(H,26,29). The fourth-order valence-electron chi connectivity index (χ4n) is 3.24. The zero-order valence-corrected chi connectivity index (χ0v) is 18.5. The maximum Gasteiger partial charge on any atom is 0.244 e. The summed E-state index contributed by atoms with van der Waals surface area (Å²) in [6.45, 7) is 1.03. The van der Waals surface area contributed by atoms with Gasteiger partial charge in [-0.05, 0) is 30.3 Å². The summed E-state index contributed by atoms with van der Waals surface area (Å²) < 4.78 is 19.1. The van der Waals surface area contributed by atoms with Gasteiger partial charge in [-0.3, -0.25) is 9.59 Å². The van der Waals surface area contributed by atoms with Crippen LogP contribution in [0.1, 0.15) is 0 Å². The van der Waals surface area contributed by atoms with Gasteiger partial charge in [-0.25, -0.2) is 4.98 Å². The molecule has 0 bridgehead atoms. The number of hydrogen-bond donors (Lipinski definition) is 1. The Morgan fingerprint density at radius 2 is 1.94 bits per heavy atom. The van der Waals surface area contributed by atoms with E-state index in [-0.39, 0.29) is 38.1 Å². The Bertz CT molecular complexity index is 1110. The number of fused-ring (bicyclic) bond motifs is 2. The lowest BCUT2D eigenvalue weighted by Crippen LogP contribution is -2.41. The highest BCUT2D eigenvalue weighted by atomic mass is 35.5. The van der Waals surface area contributed by atoms with Crippen LogP contribution < -0.4 is 14.8 Å². The van der Waals surface area contributed by atoms with Crippen LogP contribution in [0.5, 0.6) is 17.2 Å². The van der Waals surface area contributed by atoms with Gasteiger partial charge in [0.05, 0.1) is 25.2 Å². The summed E-state index contributed by atoms with van der Waals surface area (Å²) >= 11 is 6.16. The van der Waals surface area contributed by atoms with E-state index in [1.54, 1.807) is 53.6 Å². The van der Waals surface area contributed by atoms with Crippen molar-refractivity contribution in [3.8, 4) is 17.2 Å². The van der Waals surface area contributed by atoms with Crippen molar-refractivity contribution in [2.75, 3.05) is 38.2 Å². The van der Waals surface area contributed by atoms with Crippen LogP contribution in [-0.2, 0) is 20.9 Å². The lowest BCUT2D eigenvalue weighted by molar-refractivity contribution is -0.136. The topological polar surface area (TPSA) is 94.9 Å². The minimum atomic E-state index is -0.388. The number of nitrogens with one attached hydrogen (secondary N) is 1. The maximum atomic E-state index is 12.9. The number of para-hydroxylation sites is 2. The molecule has 2 heterocycles. The number of ether oxygens (including phenoxy) is 3. The molecule has 0 saturated heterocycles. The molecular weight excluding hydrogens is 448 g/mol. The fraction of sp³-hybridized carbons (Fsp3) is 0.261. The van der Waals surface area contributed by atoms with Gasteiger partial charge in [-0.2, -0.15) is 0 Å². The first kappa shape index (κ1) is 22.6. The summed E-state index contributed by atoms with van der Waals surface area (Å²) in [5.41, 5.74) is 0.385. The Kier molecular flexibility index (Phi) is 7.43. The predicted octanol–water partition coefficient (Wildman–Crippen LogP) is 3.21. The third-order valence-corrected chi connectivity index (χ3v) is 5.07. The molecule has 9 nitrogen and oxygen atoms in total. The monoisotopic (exact) mass is 470 g/mol. The van der Waals surface area contributed by atoms with Crippen LogP contribution >= 0.6 is 11.6 Å². The SMILES string of the molecule is O=C1CN(C(=O)Cn2ccnc2)CCOCCOc2ccccc2Oc2ccc(Cl)cc2N1. The number of carbonyl (C=O) groups is 2. The number of amides is 2. The van der Waals surface area contributed by atoms with E-state index < -0.39 is 0 Å². The van der Waals surface area contributed by atoms with Crippen LogP contribution in [-0.4, -0.2) is 59.2 Å². The first-order chi connectivity index (χ1) is 16.1. The average Bonchev–Trinajstić information content (AvgIpc) is 3.30. The molecule has 2 amide bonds. The molecule has 1 N–H and O–H groups in total. The minimum Gasteiger partial charge on any atom is -0.487 e. The van der Waals surface area contributed by atoms with Crippen molar-refractivity contribution >= 4 is 29.1 Å². The lowest BCUT2D eigenvalue weighted by Gasteiger charge is -2.22. The Hall–Kier alpha value is -3.56. The van der Waals surface area contributed by atoms with Crippen molar-refractivity contribution < 1.29 is 23.8 Å². The number of imidazole rings is 1. The molecular formula is C23H23ClN4O5. The van der Waals surface area contributed by atoms with Gasteiger partial charge < -0.3 is 29.0 Å². The predicted molar refractivity (Wildman–Crippen MR) is 122 cm³/mol. The van der Waals surface area contributed by atoms with Gasteiger partial charge in [0, 0.05) is 24.0 Å². The first-order valence-electron chi connectivity index (χ1n) is 10.4. The van der Waals surface area contributed by atoms with Crippen LogP contribution in [0.4, 0.5) is 5.69 Å². The van der Waals surface area contributed by atoms with Crippen molar-refractivity contribution in [3.05, 3.63) is 66.2 Å². The molecule has 1 aliphatic heterocycles. The van der Waals surface area contributed by atoms with E-state index in [1.807, 2.05) is 12.1 Å². The van der Waals surface area contributed by atoms with E-state index in [4.69, 9.17) is 25.8 Å². The summed E-state index contributed by atoms with van der Waals surface area (Å²) in [6.07, 6.45) is 4.83. The van der Waals surface area contributed by atoms with Crippen molar-refractivity contribution in [3.63, 3.8) is 0 Å². The fourth-order valence-corrected chi connectivity index (χ4v) is 3.41. The number of rotatable bonds is 2. The Morgan fingerprint density at radius 3 is 2.76 bits per heavy atom. The van der Waals surface area contributed by atoms with E-state index in [2.05, 4.69) is 10.3 Å². The number of nitrogens with zero attached hydrogens (tertiary/aromatic N) is 3. The van der Waals surface area contributed by atoms with Gasteiger partial charge in [0.1, 0.15) is 19.7 Å². The molecule has 0 atom stereocenters. The van der Waals surface area contributed by atoms with Crippen molar-refractivity contribution in [1.82, 2.24) is 14.5 Å². The highest BCUT2D eigenvalue weighted by molar-refractivity contribution is 6.31. The van der Waals surface area contributed by atoms with Crippen LogP contribution in [0.15, 0.2) is 61.2 Å². The summed E-state index contributed by atoms with van der Waals surface area (Å²) in [7, 11) is 0. The summed E-state index contributed by atoms with van der Waals surface area (Å²) in [6, 6.07) is 12.1. The molecule has 1 aromatic heterocycles. The van der Waals surface area contributed by atoms with E-state index in [0.717, 1.165) is 0 Å². The second kappa shape index (κ2) is 10.8. The van der Waals surface area contributed by atoms with Crippen molar-refractivity contribution in [2.45, 2.75) is 6.54 Å². The van der Waals surface area contributed by atoms with Crippen LogP contribution in [0.25, 0.3) is 0 Å². The van der Waals surface area contributed by atoms with Gasteiger partial charge in [0.2, 0.25) is 11.8 Å². The first-order valence-corrected chi connectivity index (χ1v) is 10.8. The van der Waals surface area contributed by atoms with E-state index in [9.17, 15) is 9.59 Å². The molecule has 33 heavy (non-hydrogen) atoms. The second-order valence-corrected chi connectivity index (χ2v) is 7.69. The smallest absolute Gasteiger partial charge is 0.244 e. The van der Waals surface area contributed by atoms with Crippen molar-refractivity contribution in [1.29, 1.82) is 0 Å². The highest BCUT2D eigenvalue weighted by Crippen LogP contribution is 2.36.